The van der Waals surface area contributed by atoms with E-state index in [1.807, 2.05) is 41.0 Å². The minimum absolute atomic E-state index is 0.0121. The first kappa shape index (κ1) is 20.0. The van der Waals surface area contributed by atoms with Crippen LogP contribution in [0.25, 0.3) is 0 Å². The molecule has 3 rings (SSSR count). The number of aryl methyl sites for hydroxylation is 2. The summed E-state index contributed by atoms with van der Waals surface area (Å²) in [6, 6.07) is 8.09. The molecule has 1 fully saturated rings. The van der Waals surface area contributed by atoms with Gasteiger partial charge in [0.2, 0.25) is 17.7 Å². The first-order chi connectivity index (χ1) is 13.4. The van der Waals surface area contributed by atoms with Crippen LogP contribution in [0, 0.1) is 13.8 Å². The van der Waals surface area contributed by atoms with E-state index in [0.29, 0.717) is 37.6 Å². The van der Waals surface area contributed by atoms with Crippen LogP contribution < -0.4 is 0 Å². The number of aromatic nitrogens is 2. The number of hydrogen-bond donors (Lipinski definition) is 0. The molecule has 0 spiro atoms. The summed E-state index contributed by atoms with van der Waals surface area (Å²) in [6.07, 6.45) is 2.74. The minimum Gasteiger partial charge on any atom is -0.340 e. The van der Waals surface area contributed by atoms with Crippen molar-refractivity contribution in [2.24, 2.45) is 0 Å². The number of hydrogen-bond acceptors (Lipinski definition) is 5. The van der Waals surface area contributed by atoms with E-state index in [-0.39, 0.29) is 17.9 Å². The highest BCUT2D eigenvalue weighted by atomic mass is 16.5. The van der Waals surface area contributed by atoms with Gasteiger partial charge in [-0.3, -0.25) is 9.59 Å². The zero-order valence-corrected chi connectivity index (χ0v) is 16.9. The molecule has 0 bridgehead atoms. The van der Waals surface area contributed by atoms with Crippen molar-refractivity contribution in [2.75, 3.05) is 19.6 Å². The van der Waals surface area contributed by atoms with Crippen molar-refractivity contribution in [3.63, 3.8) is 0 Å². The fourth-order valence-electron chi connectivity index (χ4n) is 3.69. The number of benzene rings is 1. The Morgan fingerprint density at radius 2 is 2.00 bits per heavy atom. The lowest BCUT2D eigenvalue weighted by Crippen LogP contribution is -2.52. The number of likely N-dealkylation sites (tertiary alicyclic amines) is 1. The van der Waals surface area contributed by atoms with Crippen LogP contribution in [0.5, 0.6) is 0 Å². The van der Waals surface area contributed by atoms with Gasteiger partial charge in [-0.1, -0.05) is 35.0 Å². The zero-order chi connectivity index (χ0) is 20.1. The van der Waals surface area contributed by atoms with E-state index in [2.05, 4.69) is 10.1 Å². The van der Waals surface area contributed by atoms with Gasteiger partial charge in [-0.2, -0.15) is 4.98 Å². The third-order valence-electron chi connectivity index (χ3n) is 5.22. The Morgan fingerprint density at radius 1 is 1.25 bits per heavy atom. The van der Waals surface area contributed by atoms with Crippen molar-refractivity contribution in [1.82, 2.24) is 19.9 Å². The molecule has 2 aromatic rings. The molecule has 1 aromatic heterocycles. The fraction of sp³-hybridized carbons (Fsp3) is 0.524. The summed E-state index contributed by atoms with van der Waals surface area (Å²) in [5.74, 6) is 1.26. The highest BCUT2D eigenvalue weighted by Crippen LogP contribution is 2.18. The summed E-state index contributed by atoms with van der Waals surface area (Å²) >= 11 is 0. The topological polar surface area (TPSA) is 79.5 Å². The van der Waals surface area contributed by atoms with Crippen molar-refractivity contribution >= 4 is 11.8 Å². The maximum Gasteiger partial charge on any atom is 0.227 e. The molecule has 2 amide bonds. The lowest BCUT2D eigenvalue weighted by atomic mass is 10.0. The maximum atomic E-state index is 12.8. The van der Waals surface area contributed by atoms with Crippen LogP contribution in [0.2, 0.25) is 0 Å². The smallest absolute Gasteiger partial charge is 0.227 e. The van der Waals surface area contributed by atoms with E-state index in [1.54, 1.807) is 13.8 Å². The van der Waals surface area contributed by atoms with Crippen molar-refractivity contribution in [1.29, 1.82) is 0 Å². The van der Waals surface area contributed by atoms with Gasteiger partial charge in [0, 0.05) is 45.9 Å². The zero-order valence-electron chi connectivity index (χ0n) is 16.9. The monoisotopic (exact) mass is 384 g/mol. The van der Waals surface area contributed by atoms with E-state index in [1.165, 1.54) is 5.56 Å². The van der Waals surface area contributed by atoms with Crippen LogP contribution in [0.4, 0.5) is 0 Å². The second kappa shape index (κ2) is 8.99. The van der Waals surface area contributed by atoms with Gasteiger partial charge in [0.15, 0.2) is 5.82 Å². The molecule has 1 unspecified atom stereocenters. The summed E-state index contributed by atoms with van der Waals surface area (Å²) in [6.45, 7) is 7.21. The standard InChI is InChI=1S/C21H28N4O3/c1-15-6-8-18(9-7-15)13-21(27)24-11-4-5-19(14-24)25(17(3)26)12-10-20-22-16(2)28-23-20/h6-9,19H,4-5,10-14H2,1-3H3. The fourth-order valence-corrected chi connectivity index (χ4v) is 3.69. The number of carbonyl (C=O) groups excluding carboxylic acids is 2. The molecule has 0 aliphatic carbocycles. The Morgan fingerprint density at radius 3 is 2.64 bits per heavy atom. The van der Waals surface area contributed by atoms with Crippen LogP contribution in [0.15, 0.2) is 28.8 Å². The molecular formula is C21H28N4O3. The first-order valence-electron chi connectivity index (χ1n) is 9.82. The molecule has 7 nitrogen and oxygen atoms in total. The molecule has 2 heterocycles. The quantitative estimate of drug-likeness (QED) is 0.764. The summed E-state index contributed by atoms with van der Waals surface area (Å²) in [5, 5.41) is 3.90. The summed E-state index contributed by atoms with van der Waals surface area (Å²) in [5.41, 5.74) is 2.21. The van der Waals surface area contributed by atoms with E-state index in [9.17, 15) is 9.59 Å². The van der Waals surface area contributed by atoms with E-state index in [4.69, 9.17) is 4.52 Å². The highest BCUT2D eigenvalue weighted by Gasteiger charge is 2.29. The van der Waals surface area contributed by atoms with Gasteiger partial charge in [0.1, 0.15) is 0 Å². The Hall–Kier alpha value is -2.70. The third kappa shape index (κ3) is 5.18. The van der Waals surface area contributed by atoms with Gasteiger partial charge in [0.05, 0.1) is 6.42 Å². The molecular weight excluding hydrogens is 356 g/mol. The predicted octanol–water partition coefficient (Wildman–Crippen LogP) is 2.31. The number of piperidine rings is 1. The summed E-state index contributed by atoms with van der Waals surface area (Å²) < 4.78 is 5.00. The van der Waals surface area contributed by atoms with Crippen molar-refractivity contribution in [3.05, 3.63) is 47.1 Å². The van der Waals surface area contributed by atoms with Crippen molar-refractivity contribution in [3.8, 4) is 0 Å². The molecule has 1 saturated heterocycles. The number of nitrogens with zero attached hydrogens (tertiary/aromatic N) is 4. The molecule has 150 valence electrons. The summed E-state index contributed by atoms with van der Waals surface area (Å²) in [4.78, 5) is 32.9. The van der Waals surface area contributed by atoms with Crippen LogP contribution in [-0.4, -0.2) is 57.4 Å². The second-order valence-electron chi connectivity index (χ2n) is 7.49. The molecule has 7 heteroatoms. The van der Waals surface area contributed by atoms with Gasteiger partial charge in [-0.15, -0.1) is 0 Å². The van der Waals surface area contributed by atoms with Crippen LogP contribution in [0.1, 0.15) is 42.6 Å². The molecule has 0 radical (unpaired) electrons. The highest BCUT2D eigenvalue weighted by molar-refractivity contribution is 5.79. The third-order valence-corrected chi connectivity index (χ3v) is 5.22. The van der Waals surface area contributed by atoms with Gasteiger partial charge >= 0.3 is 0 Å². The SMILES string of the molecule is CC(=O)N(CCc1noc(C)n1)C1CCCN(C(=O)Cc2ccc(C)cc2)C1. The van der Waals surface area contributed by atoms with Crippen LogP contribution in [-0.2, 0) is 22.4 Å². The molecule has 0 saturated carbocycles. The van der Waals surface area contributed by atoms with E-state index < -0.39 is 0 Å². The van der Waals surface area contributed by atoms with Gasteiger partial charge in [-0.05, 0) is 25.3 Å². The summed E-state index contributed by atoms with van der Waals surface area (Å²) in [7, 11) is 0. The van der Waals surface area contributed by atoms with Crippen molar-refractivity contribution < 1.29 is 14.1 Å². The molecule has 28 heavy (non-hydrogen) atoms. The molecule has 0 N–H and O–H groups in total. The average Bonchev–Trinajstić information content (AvgIpc) is 3.09. The largest absolute Gasteiger partial charge is 0.340 e. The Kier molecular flexibility index (Phi) is 6.44. The van der Waals surface area contributed by atoms with Gasteiger partial charge in [-0.25, -0.2) is 0 Å². The van der Waals surface area contributed by atoms with E-state index in [0.717, 1.165) is 24.9 Å². The predicted molar refractivity (Wildman–Crippen MR) is 105 cm³/mol. The number of amides is 2. The van der Waals surface area contributed by atoms with E-state index >= 15 is 0 Å². The first-order valence-corrected chi connectivity index (χ1v) is 9.82. The molecule has 1 aromatic carbocycles. The number of carbonyl (C=O) groups is 2. The molecule has 1 atom stereocenters. The molecule has 1 aliphatic heterocycles. The van der Waals surface area contributed by atoms with Crippen LogP contribution in [0.3, 0.4) is 0 Å². The Balaban J connectivity index is 1.60. The average molecular weight is 384 g/mol. The maximum absolute atomic E-state index is 12.8. The Labute approximate surface area is 165 Å². The Bertz CT molecular complexity index is 815. The second-order valence-corrected chi connectivity index (χ2v) is 7.49. The van der Waals surface area contributed by atoms with Crippen LogP contribution >= 0.6 is 0 Å². The normalized spacial score (nSPS) is 16.8. The minimum atomic E-state index is 0.0121. The van der Waals surface area contributed by atoms with Crippen molar-refractivity contribution in [2.45, 2.75) is 52.5 Å². The lowest BCUT2D eigenvalue weighted by molar-refractivity contribution is -0.138. The van der Waals surface area contributed by atoms with Gasteiger partial charge < -0.3 is 14.3 Å². The van der Waals surface area contributed by atoms with Gasteiger partial charge in [0.25, 0.3) is 0 Å². The number of rotatable bonds is 6. The lowest BCUT2D eigenvalue weighted by Gasteiger charge is -2.39. The molecule has 1 aliphatic rings.